The van der Waals surface area contributed by atoms with E-state index in [1.54, 1.807) is 9.80 Å². The lowest BCUT2D eigenvalue weighted by atomic mass is 9.91. The highest BCUT2D eigenvalue weighted by Gasteiger charge is 2.51. The Labute approximate surface area is 125 Å². The number of carbonyl (C=O) groups is 2. The third kappa shape index (κ3) is 2.61. The van der Waals surface area contributed by atoms with Crippen LogP contribution in [-0.2, 0) is 4.79 Å². The van der Waals surface area contributed by atoms with Crippen molar-refractivity contribution in [3.8, 4) is 0 Å². The summed E-state index contributed by atoms with van der Waals surface area (Å²) in [5.74, 6) is -0.644. The molecule has 2 aliphatic rings. The van der Waals surface area contributed by atoms with Crippen LogP contribution in [0.4, 0.5) is 4.79 Å². The minimum Gasteiger partial charge on any atom is -0.479 e. The van der Waals surface area contributed by atoms with Crippen LogP contribution in [0.15, 0.2) is 0 Å². The van der Waals surface area contributed by atoms with E-state index < -0.39 is 11.5 Å². The summed E-state index contributed by atoms with van der Waals surface area (Å²) in [7, 11) is 0. The Morgan fingerprint density at radius 1 is 1.33 bits per heavy atom. The zero-order chi connectivity index (χ0) is 15.6. The highest BCUT2D eigenvalue weighted by atomic mass is 16.4. The van der Waals surface area contributed by atoms with E-state index in [2.05, 4.69) is 0 Å². The summed E-state index contributed by atoms with van der Waals surface area (Å²) in [6, 6.07) is -0.405. The Hall–Kier alpha value is -1.30. The van der Waals surface area contributed by atoms with Crippen LogP contribution in [0.1, 0.15) is 46.0 Å². The van der Waals surface area contributed by atoms with Crippen molar-refractivity contribution in [1.82, 2.24) is 9.80 Å². The van der Waals surface area contributed by atoms with Crippen molar-refractivity contribution in [3.63, 3.8) is 0 Å². The Balaban J connectivity index is 2.23. The number of carboxylic acid groups (broad SMARTS) is 1. The maximum absolute atomic E-state index is 12.8. The van der Waals surface area contributed by atoms with Crippen LogP contribution in [0.3, 0.4) is 0 Å². The minimum atomic E-state index is -1.06. The second kappa shape index (κ2) is 6.22. The highest BCUT2D eigenvalue weighted by molar-refractivity contribution is 5.87. The molecule has 0 aromatic heterocycles. The molecule has 0 aliphatic carbocycles. The number of nitrogens with zero attached hydrogens (tertiary/aromatic N) is 2. The first-order valence-corrected chi connectivity index (χ1v) is 7.90. The van der Waals surface area contributed by atoms with Crippen LogP contribution >= 0.6 is 0 Å². The topological polar surface area (TPSA) is 81.1 Å². The van der Waals surface area contributed by atoms with Crippen LogP contribution in [0.2, 0.25) is 0 Å². The number of aliphatic hydroxyl groups excluding tert-OH is 1. The van der Waals surface area contributed by atoms with Crippen molar-refractivity contribution >= 4 is 12.0 Å². The summed E-state index contributed by atoms with van der Waals surface area (Å²) in [6.45, 7) is 5.00. The van der Waals surface area contributed by atoms with Crippen LogP contribution in [0.5, 0.6) is 0 Å². The lowest BCUT2D eigenvalue weighted by Gasteiger charge is -2.38. The Morgan fingerprint density at radius 3 is 2.62 bits per heavy atom. The van der Waals surface area contributed by atoms with Gasteiger partial charge in [-0.1, -0.05) is 20.3 Å². The SMILES string of the molecule is CCCC1(C(=O)O)CCCN1C(=O)N1CCC(C)C1CO. The van der Waals surface area contributed by atoms with Crippen molar-refractivity contribution in [3.05, 3.63) is 0 Å². The Morgan fingerprint density at radius 2 is 2.05 bits per heavy atom. The van der Waals surface area contributed by atoms with E-state index >= 15 is 0 Å². The van der Waals surface area contributed by atoms with E-state index in [0.717, 1.165) is 19.3 Å². The van der Waals surface area contributed by atoms with E-state index in [1.165, 1.54) is 0 Å². The number of hydrogen-bond donors (Lipinski definition) is 2. The smallest absolute Gasteiger partial charge is 0.329 e. The average Bonchev–Trinajstić information content (AvgIpc) is 3.03. The molecule has 2 saturated heterocycles. The van der Waals surface area contributed by atoms with Gasteiger partial charge in [-0.15, -0.1) is 0 Å². The molecule has 0 aromatic rings. The predicted molar refractivity (Wildman–Crippen MR) is 78.0 cm³/mol. The summed E-state index contributed by atoms with van der Waals surface area (Å²) in [5.41, 5.74) is -1.06. The third-order valence-corrected chi connectivity index (χ3v) is 5.10. The monoisotopic (exact) mass is 298 g/mol. The van der Waals surface area contributed by atoms with Gasteiger partial charge in [-0.05, 0) is 31.6 Å². The van der Waals surface area contributed by atoms with Crippen molar-refractivity contribution in [2.75, 3.05) is 19.7 Å². The number of rotatable bonds is 4. The van der Waals surface area contributed by atoms with Crippen molar-refractivity contribution in [2.45, 2.75) is 57.5 Å². The van der Waals surface area contributed by atoms with Crippen molar-refractivity contribution in [2.24, 2.45) is 5.92 Å². The fourth-order valence-corrected chi connectivity index (χ4v) is 3.84. The molecule has 0 spiro atoms. The third-order valence-electron chi connectivity index (χ3n) is 5.10. The molecule has 2 N–H and O–H groups in total. The maximum Gasteiger partial charge on any atom is 0.329 e. The summed E-state index contributed by atoms with van der Waals surface area (Å²) in [4.78, 5) is 27.8. The first kappa shape index (κ1) is 16.1. The van der Waals surface area contributed by atoms with Crippen molar-refractivity contribution in [1.29, 1.82) is 0 Å². The molecule has 2 amide bonds. The average molecular weight is 298 g/mol. The zero-order valence-corrected chi connectivity index (χ0v) is 12.9. The largest absolute Gasteiger partial charge is 0.479 e. The van der Waals surface area contributed by atoms with E-state index in [0.29, 0.717) is 25.9 Å². The van der Waals surface area contributed by atoms with Gasteiger partial charge < -0.3 is 20.0 Å². The molecule has 0 saturated carbocycles. The molecule has 0 bridgehead atoms. The molecular formula is C15H26N2O4. The molecule has 21 heavy (non-hydrogen) atoms. The van der Waals surface area contributed by atoms with Gasteiger partial charge in [0, 0.05) is 13.1 Å². The maximum atomic E-state index is 12.8. The van der Waals surface area contributed by atoms with E-state index in [-0.39, 0.29) is 24.6 Å². The summed E-state index contributed by atoms with van der Waals surface area (Å²) in [5, 5.41) is 19.2. The fourth-order valence-electron chi connectivity index (χ4n) is 3.84. The van der Waals surface area contributed by atoms with Crippen LogP contribution in [0.25, 0.3) is 0 Å². The van der Waals surface area contributed by atoms with Gasteiger partial charge in [0.05, 0.1) is 12.6 Å². The van der Waals surface area contributed by atoms with Crippen LogP contribution in [0, 0.1) is 5.92 Å². The molecule has 6 nitrogen and oxygen atoms in total. The number of carbonyl (C=O) groups excluding carboxylic acids is 1. The summed E-state index contributed by atoms with van der Waals surface area (Å²) >= 11 is 0. The zero-order valence-electron chi connectivity index (χ0n) is 12.9. The number of hydrogen-bond acceptors (Lipinski definition) is 3. The molecule has 6 heteroatoms. The van der Waals surface area contributed by atoms with Crippen molar-refractivity contribution < 1.29 is 19.8 Å². The number of carboxylic acids is 1. The van der Waals surface area contributed by atoms with Gasteiger partial charge in [-0.2, -0.15) is 0 Å². The van der Waals surface area contributed by atoms with Gasteiger partial charge in [0.2, 0.25) is 0 Å². The molecular weight excluding hydrogens is 272 g/mol. The molecule has 0 aromatic carbocycles. The molecule has 2 fully saturated rings. The van der Waals surface area contributed by atoms with Gasteiger partial charge in [0.25, 0.3) is 0 Å². The number of urea groups is 1. The fraction of sp³-hybridized carbons (Fsp3) is 0.867. The molecule has 120 valence electrons. The first-order valence-electron chi connectivity index (χ1n) is 7.90. The molecule has 2 aliphatic heterocycles. The quantitative estimate of drug-likeness (QED) is 0.824. The molecule has 2 rings (SSSR count). The van der Waals surface area contributed by atoms with Crippen LogP contribution in [-0.4, -0.2) is 63.3 Å². The summed E-state index contributed by atoms with van der Waals surface area (Å²) < 4.78 is 0. The first-order chi connectivity index (χ1) is 9.97. The Bertz CT molecular complexity index is 414. The van der Waals surface area contributed by atoms with E-state index in [9.17, 15) is 19.8 Å². The lowest BCUT2D eigenvalue weighted by molar-refractivity contribution is -0.149. The molecule has 2 heterocycles. The number of aliphatic hydroxyl groups is 1. The molecule has 3 atom stereocenters. The Kier molecular flexibility index (Phi) is 4.76. The lowest BCUT2D eigenvalue weighted by Crippen LogP contribution is -2.58. The second-order valence-electron chi connectivity index (χ2n) is 6.33. The van der Waals surface area contributed by atoms with E-state index in [1.807, 2.05) is 13.8 Å². The van der Waals surface area contributed by atoms with Gasteiger partial charge in [-0.3, -0.25) is 0 Å². The second-order valence-corrected chi connectivity index (χ2v) is 6.33. The van der Waals surface area contributed by atoms with Crippen LogP contribution < -0.4 is 0 Å². The van der Waals surface area contributed by atoms with Gasteiger partial charge in [0.1, 0.15) is 5.54 Å². The normalized spacial score (nSPS) is 32.7. The van der Waals surface area contributed by atoms with Gasteiger partial charge in [0.15, 0.2) is 0 Å². The predicted octanol–water partition coefficient (Wildman–Crippen LogP) is 1.53. The highest BCUT2D eigenvalue weighted by Crippen LogP contribution is 2.36. The number of aliphatic carboxylic acids is 1. The minimum absolute atomic E-state index is 0.0609. The number of amides is 2. The molecule has 3 unspecified atom stereocenters. The van der Waals surface area contributed by atoms with E-state index in [4.69, 9.17) is 0 Å². The van der Waals surface area contributed by atoms with Gasteiger partial charge in [-0.25, -0.2) is 9.59 Å². The number of likely N-dealkylation sites (tertiary alicyclic amines) is 2. The standard InChI is InChI=1S/C15H26N2O4/c1-3-6-15(13(19)20)7-4-8-17(15)14(21)16-9-5-11(2)12(16)10-18/h11-12,18H,3-10H2,1-2H3,(H,19,20). The molecule has 0 radical (unpaired) electrons. The van der Waals surface area contributed by atoms with Gasteiger partial charge >= 0.3 is 12.0 Å². The summed E-state index contributed by atoms with van der Waals surface area (Å²) in [6.07, 6.45) is 3.33.